The van der Waals surface area contributed by atoms with Gasteiger partial charge >= 0.3 is 6.18 Å². The Bertz CT molecular complexity index is 505. The van der Waals surface area contributed by atoms with Crippen molar-refractivity contribution in [3.63, 3.8) is 0 Å². The first-order valence-corrected chi connectivity index (χ1v) is 4.78. The summed E-state index contributed by atoms with van der Waals surface area (Å²) in [4.78, 5) is 11.3. The van der Waals surface area contributed by atoms with Gasteiger partial charge in [0.05, 0.1) is 22.6 Å². The second kappa shape index (κ2) is 4.63. The van der Waals surface area contributed by atoms with E-state index in [1.807, 2.05) is 0 Å². The van der Waals surface area contributed by atoms with Gasteiger partial charge in [0.2, 0.25) is 0 Å². The minimum absolute atomic E-state index is 0.346. The molecule has 0 aliphatic carbocycles. The third-order valence-corrected chi connectivity index (χ3v) is 2.25. The van der Waals surface area contributed by atoms with E-state index < -0.39 is 34.7 Å². The molecule has 90 valence electrons. The number of aromatic hydroxyl groups is 1. The number of carbonyl (C=O) groups is 1. The maximum absolute atomic E-state index is 12.4. The quantitative estimate of drug-likeness (QED) is 0.659. The van der Waals surface area contributed by atoms with Crippen LogP contribution >= 0.6 is 11.6 Å². The lowest BCUT2D eigenvalue weighted by atomic mass is 9.99. The lowest BCUT2D eigenvalue weighted by Crippen LogP contribution is -2.11. The number of Topliss-reactive ketones (excluding diaryl/α,β-unsaturated/α-hetero) is 1. The Morgan fingerprint density at radius 3 is 2.47 bits per heavy atom. The minimum atomic E-state index is -4.81. The predicted octanol–water partition coefficient (Wildman–Crippen LogP) is 2.70. The lowest BCUT2D eigenvalue weighted by Gasteiger charge is -2.12. The highest BCUT2D eigenvalue weighted by atomic mass is 35.5. The highest BCUT2D eigenvalue weighted by Crippen LogP contribution is 2.38. The summed E-state index contributed by atoms with van der Waals surface area (Å²) >= 11 is 5.20. The average Bonchev–Trinajstić information content (AvgIpc) is 2.25. The molecular weight excluding hydrogens is 259 g/mol. The number of ketones is 1. The van der Waals surface area contributed by atoms with E-state index >= 15 is 0 Å². The van der Waals surface area contributed by atoms with Gasteiger partial charge in [-0.05, 0) is 12.1 Å². The van der Waals surface area contributed by atoms with Gasteiger partial charge in [-0.3, -0.25) is 4.79 Å². The molecule has 7 heteroatoms. The fourth-order valence-electron chi connectivity index (χ4n) is 1.26. The molecule has 0 saturated carbocycles. The molecule has 17 heavy (non-hydrogen) atoms. The highest BCUT2D eigenvalue weighted by molar-refractivity contribution is 6.31. The predicted molar refractivity (Wildman–Crippen MR) is 52.9 cm³/mol. The largest absolute Gasteiger partial charge is 0.507 e. The molecule has 1 rings (SSSR count). The van der Waals surface area contributed by atoms with Crippen LogP contribution < -0.4 is 0 Å². The number of halogens is 4. The van der Waals surface area contributed by atoms with Crippen LogP contribution in [0.4, 0.5) is 13.2 Å². The van der Waals surface area contributed by atoms with Gasteiger partial charge < -0.3 is 5.11 Å². The number of phenols is 1. The van der Waals surface area contributed by atoms with Crippen LogP contribution in [0.2, 0.25) is 0 Å². The van der Waals surface area contributed by atoms with Crippen LogP contribution in [0.25, 0.3) is 0 Å². The summed E-state index contributed by atoms with van der Waals surface area (Å²) in [6.45, 7) is 0. The number of rotatable bonds is 2. The first kappa shape index (κ1) is 13.3. The number of alkyl halides is 4. The van der Waals surface area contributed by atoms with Crippen molar-refractivity contribution in [1.29, 1.82) is 5.26 Å². The van der Waals surface area contributed by atoms with E-state index in [4.69, 9.17) is 16.9 Å². The normalized spacial score (nSPS) is 11.0. The summed E-state index contributed by atoms with van der Waals surface area (Å²) in [7, 11) is 0. The standard InChI is InChI=1S/C10H5ClF3NO2/c11-3-7(16)8-5(4-15)1-2-6(9(8)17)10(12,13)14/h1-2,17H,3H2. The van der Waals surface area contributed by atoms with Crippen molar-refractivity contribution in [2.45, 2.75) is 6.18 Å². The van der Waals surface area contributed by atoms with Crippen LogP contribution in [0, 0.1) is 11.3 Å². The monoisotopic (exact) mass is 263 g/mol. The smallest absolute Gasteiger partial charge is 0.419 e. The molecule has 0 aromatic heterocycles. The maximum Gasteiger partial charge on any atom is 0.419 e. The van der Waals surface area contributed by atoms with E-state index in [2.05, 4.69) is 0 Å². The molecule has 1 aromatic rings. The summed E-state index contributed by atoms with van der Waals surface area (Å²) in [6, 6.07) is 2.89. The van der Waals surface area contributed by atoms with Gasteiger partial charge in [-0.1, -0.05) is 0 Å². The van der Waals surface area contributed by atoms with Crippen LogP contribution in [0.5, 0.6) is 5.75 Å². The number of nitriles is 1. The van der Waals surface area contributed by atoms with E-state index in [1.165, 1.54) is 6.07 Å². The van der Waals surface area contributed by atoms with Gasteiger partial charge in [0, 0.05) is 0 Å². The molecule has 1 N–H and O–H groups in total. The first-order chi connectivity index (χ1) is 7.82. The minimum Gasteiger partial charge on any atom is -0.507 e. The summed E-state index contributed by atoms with van der Waals surface area (Å²) in [5.74, 6) is -2.82. The van der Waals surface area contributed by atoms with E-state index in [1.54, 1.807) is 0 Å². The maximum atomic E-state index is 12.4. The highest BCUT2D eigenvalue weighted by Gasteiger charge is 2.36. The molecule has 0 radical (unpaired) electrons. The first-order valence-electron chi connectivity index (χ1n) is 4.25. The van der Waals surface area contributed by atoms with Gasteiger partial charge in [-0.2, -0.15) is 18.4 Å². The van der Waals surface area contributed by atoms with Gasteiger partial charge in [0.1, 0.15) is 11.8 Å². The van der Waals surface area contributed by atoms with Crippen LogP contribution in [0.15, 0.2) is 12.1 Å². The van der Waals surface area contributed by atoms with Gasteiger partial charge in [-0.15, -0.1) is 11.6 Å². The molecule has 0 aliphatic rings. The Hall–Kier alpha value is -1.74. The molecule has 0 fully saturated rings. The lowest BCUT2D eigenvalue weighted by molar-refractivity contribution is -0.138. The van der Waals surface area contributed by atoms with Crippen LogP contribution in [0.1, 0.15) is 21.5 Å². The number of nitrogens with zero attached hydrogens (tertiary/aromatic N) is 1. The SMILES string of the molecule is N#Cc1ccc(C(F)(F)F)c(O)c1C(=O)CCl. The summed E-state index contributed by atoms with van der Waals surface area (Å²) < 4.78 is 37.3. The average molecular weight is 264 g/mol. The Morgan fingerprint density at radius 2 is 2.06 bits per heavy atom. The molecular formula is C10H5ClF3NO2. The van der Waals surface area contributed by atoms with E-state index in [-0.39, 0.29) is 5.56 Å². The van der Waals surface area contributed by atoms with Crippen molar-refractivity contribution >= 4 is 17.4 Å². The Balaban J connectivity index is 3.56. The van der Waals surface area contributed by atoms with Crippen LogP contribution in [-0.4, -0.2) is 16.8 Å². The van der Waals surface area contributed by atoms with Crippen molar-refractivity contribution in [2.75, 3.05) is 5.88 Å². The fraction of sp³-hybridized carbons (Fsp3) is 0.200. The molecule has 0 heterocycles. The number of benzene rings is 1. The second-order valence-corrected chi connectivity index (χ2v) is 3.32. The topological polar surface area (TPSA) is 61.1 Å². The van der Waals surface area contributed by atoms with Crippen molar-refractivity contribution in [3.05, 3.63) is 28.8 Å². The second-order valence-electron chi connectivity index (χ2n) is 3.05. The molecule has 0 atom stereocenters. The van der Waals surface area contributed by atoms with E-state index in [9.17, 15) is 23.1 Å². The molecule has 0 saturated heterocycles. The third-order valence-electron chi connectivity index (χ3n) is 2.00. The molecule has 0 spiro atoms. The van der Waals surface area contributed by atoms with Crippen molar-refractivity contribution in [2.24, 2.45) is 0 Å². The van der Waals surface area contributed by atoms with Gasteiger partial charge in [-0.25, -0.2) is 0 Å². The molecule has 3 nitrogen and oxygen atoms in total. The molecule has 0 aliphatic heterocycles. The summed E-state index contributed by atoms with van der Waals surface area (Å²) in [5.41, 5.74) is -2.41. The molecule has 0 amide bonds. The van der Waals surface area contributed by atoms with E-state index in [0.717, 1.165) is 6.07 Å². The van der Waals surface area contributed by atoms with Gasteiger partial charge in [0.25, 0.3) is 0 Å². The Kier molecular flexibility index (Phi) is 3.63. The zero-order valence-electron chi connectivity index (χ0n) is 8.18. The Morgan fingerprint density at radius 1 is 1.47 bits per heavy atom. The zero-order chi connectivity index (χ0) is 13.2. The number of phenolic OH excluding ortho intramolecular Hbond substituents is 1. The zero-order valence-corrected chi connectivity index (χ0v) is 8.93. The number of hydrogen-bond acceptors (Lipinski definition) is 3. The summed E-state index contributed by atoms with van der Waals surface area (Å²) in [6.07, 6.45) is -4.81. The Labute approximate surface area is 99.0 Å². The van der Waals surface area contributed by atoms with Crippen LogP contribution in [0.3, 0.4) is 0 Å². The van der Waals surface area contributed by atoms with Crippen molar-refractivity contribution < 1.29 is 23.1 Å². The third kappa shape index (κ3) is 2.50. The molecule has 0 unspecified atom stereocenters. The molecule has 1 aromatic carbocycles. The number of carbonyl (C=O) groups excluding carboxylic acids is 1. The van der Waals surface area contributed by atoms with Crippen LogP contribution in [-0.2, 0) is 6.18 Å². The van der Waals surface area contributed by atoms with Crippen molar-refractivity contribution in [3.8, 4) is 11.8 Å². The fourth-order valence-corrected chi connectivity index (χ4v) is 1.40. The van der Waals surface area contributed by atoms with Gasteiger partial charge in [0.15, 0.2) is 5.78 Å². The van der Waals surface area contributed by atoms with E-state index in [0.29, 0.717) is 6.07 Å². The summed E-state index contributed by atoms with van der Waals surface area (Å²) in [5, 5.41) is 18.0. The number of hydrogen-bond donors (Lipinski definition) is 1. The van der Waals surface area contributed by atoms with Crippen molar-refractivity contribution in [1.82, 2.24) is 0 Å². The molecule has 0 bridgehead atoms.